The topological polar surface area (TPSA) is 53.0 Å². The molecule has 0 atom stereocenters. The lowest BCUT2D eigenvalue weighted by Crippen LogP contribution is -2.39. The molecule has 1 fully saturated rings. The van der Waals surface area contributed by atoms with E-state index in [0.29, 0.717) is 5.92 Å². The van der Waals surface area contributed by atoms with Crippen molar-refractivity contribution in [1.29, 1.82) is 0 Å². The van der Waals surface area contributed by atoms with E-state index in [1.165, 1.54) is 0 Å². The van der Waals surface area contributed by atoms with Crippen LogP contribution >= 0.6 is 0 Å². The van der Waals surface area contributed by atoms with Gasteiger partial charge in [0.1, 0.15) is 0 Å². The highest BCUT2D eigenvalue weighted by Gasteiger charge is 2.19. The second-order valence-electron chi connectivity index (χ2n) is 4.99. The zero-order chi connectivity index (χ0) is 12.7. The largest absolute Gasteiger partial charge is 0.480 e. The molecule has 0 aromatic carbocycles. The second kappa shape index (κ2) is 7.63. The summed E-state index contributed by atoms with van der Waals surface area (Å²) in [6.45, 7) is 4.38. The smallest absolute Gasteiger partial charge is 0.317 e. The Morgan fingerprint density at radius 1 is 1.29 bits per heavy atom. The predicted molar refractivity (Wildman–Crippen MR) is 66.2 cm³/mol. The summed E-state index contributed by atoms with van der Waals surface area (Å²) in [6, 6.07) is 0. The minimum atomic E-state index is -0.740. The van der Waals surface area contributed by atoms with Gasteiger partial charge in [-0.05, 0) is 32.9 Å². The maximum Gasteiger partial charge on any atom is 0.317 e. The van der Waals surface area contributed by atoms with E-state index < -0.39 is 5.97 Å². The summed E-state index contributed by atoms with van der Waals surface area (Å²) in [5.74, 6) is -0.152. The molecule has 5 heteroatoms. The molecule has 0 aromatic rings. The first kappa shape index (κ1) is 14.4. The molecule has 0 bridgehead atoms. The highest BCUT2D eigenvalue weighted by molar-refractivity contribution is 5.69. The Bertz CT molecular complexity index is 228. The van der Waals surface area contributed by atoms with Crippen LogP contribution in [0.1, 0.15) is 12.8 Å². The monoisotopic (exact) mass is 244 g/mol. The van der Waals surface area contributed by atoms with E-state index in [0.717, 1.165) is 45.7 Å². The number of hydrogen-bond donors (Lipinski definition) is 1. The minimum Gasteiger partial charge on any atom is -0.480 e. The average Bonchev–Trinajstić information content (AvgIpc) is 2.26. The minimum absolute atomic E-state index is 0.144. The normalized spacial score (nSPS) is 17.9. The molecule has 5 nitrogen and oxygen atoms in total. The Morgan fingerprint density at radius 3 is 2.47 bits per heavy atom. The summed E-state index contributed by atoms with van der Waals surface area (Å²) in [6.07, 6.45) is 2.11. The van der Waals surface area contributed by atoms with Gasteiger partial charge in [0.25, 0.3) is 0 Å². The van der Waals surface area contributed by atoms with Gasteiger partial charge in [-0.1, -0.05) is 0 Å². The van der Waals surface area contributed by atoms with Crippen LogP contribution in [0.3, 0.4) is 0 Å². The van der Waals surface area contributed by atoms with E-state index >= 15 is 0 Å². The molecule has 1 aliphatic heterocycles. The van der Waals surface area contributed by atoms with Crippen molar-refractivity contribution in [3.05, 3.63) is 0 Å². The third kappa shape index (κ3) is 6.61. The van der Waals surface area contributed by atoms with Crippen molar-refractivity contribution in [1.82, 2.24) is 9.80 Å². The molecule has 1 heterocycles. The molecule has 1 N–H and O–H groups in total. The van der Waals surface area contributed by atoms with Crippen molar-refractivity contribution in [2.24, 2.45) is 5.92 Å². The maximum absolute atomic E-state index is 10.8. The van der Waals surface area contributed by atoms with Crippen LogP contribution in [0, 0.1) is 5.92 Å². The highest BCUT2D eigenvalue weighted by atomic mass is 16.5. The summed E-state index contributed by atoms with van der Waals surface area (Å²) in [5.41, 5.74) is 0. The van der Waals surface area contributed by atoms with Gasteiger partial charge in [-0.2, -0.15) is 0 Å². The summed E-state index contributed by atoms with van der Waals surface area (Å²) >= 11 is 0. The van der Waals surface area contributed by atoms with Crippen molar-refractivity contribution in [2.75, 3.05) is 53.5 Å². The first-order chi connectivity index (χ1) is 8.08. The van der Waals surface area contributed by atoms with Crippen LogP contribution in [0.4, 0.5) is 0 Å². The highest BCUT2D eigenvalue weighted by Crippen LogP contribution is 2.15. The standard InChI is InChI=1S/C12H24N2O3/c1-13(2)5-6-14(10-12(15)16)9-11-3-7-17-8-4-11/h11H,3-10H2,1-2H3,(H,15,16). The number of likely N-dealkylation sites (N-methyl/N-ethyl adjacent to an activating group) is 1. The number of aliphatic carboxylic acids is 1. The molecule has 0 spiro atoms. The van der Waals surface area contributed by atoms with Crippen LogP contribution in [0.5, 0.6) is 0 Å². The maximum atomic E-state index is 10.8. The number of rotatable bonds is 7. The van der Waals surface area contributed by atoms with Crippen LogP contribution in [0.15, 0.2) is 0 Å². The molecule has 0 radical (unpaired) electrons. The fraction of sp³-hybridized carbons (Fsp3) is 0.917. The zero-order valence-electron chi connectivity index (χ0n) is 10.9. The lowest BCUT2D eigenvalue weighted by Gasteiger charge is -2.29. The summed E-state index contributed by atoms with van der Waals surface area (Å²) < 4.78 is 5.32. The number of carbonyl (C=O) groups is 1. The molecule has 0 amide bonds. The Morgan fingerprint density at radius 2 is 1.94 bits per heavy atom. The second-order valence-corrected chi connectivity index (χ2v) is 4.99. The van der Waals surface area contributed by atoms with Crippen LogP contribution in [0.25, 0.3) is 0 Å². The van der Waals surface area contributed by atoms with Crippen LogP contribution in [0.2, 0.25) is 0 Å². The number of hydrogen-bond acceptors (Lipinski definition) is 4. The van der Waals surface area contributed by atoms with Gasteiger partial charge in [0.05, 0.1) is 6.54 Å². The molecule has 0 aliphatic carbocycles. The average molecular weight is 244 g/mol. The van der Waals surface area contributed by atoms with Gasteiger partial charge in [-0.15, -0.1) is 0 Å². The predicted octanol–water partition coefficient (Wildman–Crippen LogP) is 0.361. The fourth-order valence-corrected chi connectivity index (χ4v) is 2.06. The Labute approximate surface area is 103 Å². The number of carboxylic acid groups (broad SMARTS) is 1. The van der Waals surface area contributed by atoms with Gasteiger partial charge in [0, 0.05) is 32.8 Å². The Balaban J connectivity index is 2.35. The molecular formula is C12H24N2O3. The van der Waals surface area contributed by atoms with Crippen molar-refractivity contribution < 1.29 is 14.6 Å². The SMILES string of the molecule is CN(C)CCN(CC(=O)O)CC1CCOCC1. The van der Waals surface area contributed by atoms with E-state index in [9.17, 15) is 4.79 Å². The third-order valence-electron chi connectivity index (χ3n) is 3.08. The van der Waals surface area contributed by atoms with E-state index in [1.807, 2.05) is 19.0 Å². The van der Waals surface area contributed by atoms with Crippen molar-refractivity contribution >= 4 is 5.97 Å². The Hall–Kier alpha value is -0.650. The van der Waals surface area contributed by atoms with Crippen LogP contribution < -0.4 is 0 Å². The molecule has 1 aliphatic rings. The molecule has 0 saturated carbocycles. The van der Waals surface area contributed by atoms with Crippen molar-refractivity contribution in [3.8, 4) is 0 Å². The fourth-order valence-electron chi connectivity index (χ4n) is 2.06. The van der Waals surface area contributed by atoms with Gasteiger partial charge in [-0.25, -0.2) is 0 Å². The summed E-state index contributed by atoms with van der Waals surface area (Å²) in [7, 11) is 4.01. The van der Waals surface area contributed by atoms with Crippen molar-refractivity contribution in [3.63, 3.8) is 0 Å². The molecule has 0 aromatic heterocycles. The van der Waals surface area contributed by atoms with Crippen molar-refractivity contribution in [2.45, 2.75) is 12.8 Å². The number of ether oxygens (including phenoxy) is 1. The zero-order valence-corrected chi connectivity index (χ0v) is 10.9. The van der Waals surface area contributed by atoms with Crippen LogP contribution in [-0.4, -0.2) is 74.4 Å². The quantitative estimate of drug-likeness (QED) is 0.701. The first-order valence-corrected chi connectivity index (χ1v) is 6.24. The molecule has 1 saturated heterocycles. The van der Waals surface area contributed by atoms with Gasteiger partial charge in [-0.3, -0.25) is 9.69 Å². The molecule has 1 rings (SSSR count). The van der Waals surface area contributed by atoms with Gasteiger partial charge < -0.3 is 14.7 Å². The molecule has 17 heavy (non-hydrogen) atoms. The lowest BCUT2D eigenvalue weighted by molar-refractivity contribution is -0.138. The number of nitrogens with zero attached hydrogens (tertiary/aromatic N) is 2. The van der Waals surface area contributed by atoms with E-state index in [4.69, 9.17) is 9.84 Å². The van der Waals surface area contributed by atoms with Crippen LogP contribution in [-0.2, 0) is 9.53 Å². The Kier molecular flexibility index (Phi) is 6.47. The molecular weight excluding hydrogens is 220 g/mol. The molecule has 0 unspecified atom stereocenters. The van der Waals surface area contributed by atoms with E-state index in [1.54, 1.807) is 0 Å². The third-order valence-corrected chi connectivity index (χ3v) is 3.08. The summed E-state index contributed by atoms with van der Waals surface area (Å²) in [4.78, 5) is 14.9. The summed E-state index contributed by atoms with van der Waals surface area (Å²) in [5, 5.41) is 8.90. The first-order valence-electron chi connectivity index (χ1n) is 6.24. The van der Waals surface area contributed by atoms with E-state index in [-0.39, 0.29) is 6.54 Å². The lowest BCUT2D eigenvalue weighted by atomic mass is 10.00. The van der Waals surface area contributed by atoms with Gasteiger partial charge in [0.15, 0.2) is 0 Å². The van der Waals surface area contributed by atoms with Gasteiger partial charge in [0.2, 0.25) is 0 Å². The van der Waals surface area contributed by atoms with E-state index in [2.05, 4.69) is 4.90 Å². The molecule has 100 valence electrons. The van der Waals surface area contributed by atoms with Gasteiger partial charge >= 0.3 is 5.97 Å². The number of carboxylic acids is 1.